The Morgan fingerprint density at radius 3 is 2.84 bits per heavy atom. The van der Waals surface area contributed by atoms with Gasteiger partial charge in [-0.25, -0.2) is 0 Å². The van der Waals surface area contributed by atoms with Crippen molar-refractivity contribution in [2.45, 2.75) is 64.0 Å². The lowest BCUT2D eigenvalue weighted by atomic mass is 9.94. The number of benzene rings is 1. The summed E-state index contributed by atoms with van der Waals surface area (Å²) in [6, 6.07) is 6.25. The number of hydrogen-bond donors (Lipinski definition) is 1. The van der Waals surface area contributed by atoms with Gasteiger partial charge in [0.25, 0.3) is 0 Å². The van der Waals surface area contributed by atoms with Crippen LogP contribution in [0.15, 0.2) is 22.7 Å². The van der Waals surface area contributed by atoms with Crippen molar-refractivity contribution >= 4 is 15.9 Å². The minimum absolute atomic E-state index is 0.113. The highest BCUT2D eigenvalue weighted by atomic mass is 79.9. The highest BCUT2D eigenvalue weighted by Gasteiger charge is 2.25. The molecule has 0 bridgehead atoms. The van der Waals surface area contributed by atoms with Crippen molar-refractivity contribution < 1.29 is 4.74 Å². The smallest absolute Gasteiger partial charge is 0.124 e. The number of rotatable bonds is 6. The summed E-state index contributed by atoms with van der Waals surface area (Å²) in [5, 5.41) is 0. The van der Waals surface area contributed by atoms with E-state index in [2.05, 4.69) is 28.9 Å². The van der Waals surface area contributed by atoms with Gasteiger partial charge in [0.2, 0.25) is 0 Å². The number of hydrogen-bond acceptors (Lipinski definition) is 2. The van der Waals surface area contributed by atoms with Gasteiger partial charge >= 0.3 is 0 Å². The number of nitrogens with two attached hydrogens (primary N) is 1. The maximum absolute atomic E-state index is 6.26. The van der Waals surface area contributed by atoms with Crippen molar-refractivity contribution in [1.82, 2.24) is 0 Å². The van der Waals surface area contributed by atoms with E-state index in [0.717, 1.165) is 28.6 Å². The van der Waals surface area contributed by atoms with Crippen molar-refractivity contribution in [2.75, 3.05) is 0 Å². The molecule has 0 radical (unpaired) electrons. The maximum Gasteiger partial charge on any atom is 0.124 e. The molecule has 19 heavy (non-hydrogen) atoms. The summed E-state index contributed by atoms with van der Waals surface area (Å²) in [6.45, 7) is 2.25. The zero-order valence-corrected chi connectivity index (χ0v) is 13.3. The van der Waals surface area contributed by atoms with Crippen molar-refractivity contribution in [3.8, 4) is 5.75 Å². The van der Waals surface area contributed by atoms with Crippen molar-refractivity contribution in [3.63, 3.8) is 0 Å². The van der Waals surface area contributed by atoms with Crippen LogP contribution in [-0.2, 0) is 0 Å². The molecule has 2 nitrogen and oxygen atoms in total. The van der Waals surface area contributed by atoms with E-state index in [0.29, 0.717) is 6.10 Å². The second kappa shape index (κ2) is 7.30. The normalized spacial score (nSPS) is 21.8. The average molecular weight is 326 g/mol. The Hall–Kier alpha value is -0.540. The molecule has 0 aliphatic carbocycles. The Morgan fingerprint density at radius 1 is 1.26 bits per heavy atom. The number of fused-ring (bicyclic) bond motifs is 1. The minimum Gasteiger partial charge on any atom is -0.490 e. The lowest BCUT2D eigenvalue weighted by Crippen LogP contribution is -2.29. The highest BCUT2D eigenvalue weighted by Crippen LogP contribution is 2.36. The van der Waals surface area contributed by atoms with Crippen molar-refractivity contribution in [1.29, 1.82) is 0 Å². The zero-order valence-electron chi connectivity index (χ0n) is 11.7. The fourth-order valence-corrected chi connectivity index (χ4v) is 3.09. The van der Waals surface area contributed by atoms with Crippen LogP contribution in [0, 0.1) is 0 Å². The molecule has 1 heterocycles. The van der Waals surface area contributed by atoms with Crippen LogP contribution in [0.5, 0.6) is 5.75 Å². The molecule has 2 atom stereocenters. The number of unbranched alkanes of at least 4 members (excludes halogenated alkanes) is 4. The van der Waals surface area contributed by atoms with Gasteiger partial charge in [-0.2, -0.15) is 0 Å². The van der Waals surface area contributed by atoms with Crippen LogP contribution < -0.4 is 10.5 Å². The third-order valence-electron chi connectivity index (χ3n) is 3.81. The van der Waals surface area contributed by atoms with E-state index in [1.807, 2.05) is 12.1 Å². The first kappa shape index (κ1) is 14.9. The van der Waals surface area contributed by atoms with Gasteiger partial charge in [0, 0.05) is 22.5 Å². The third-order valence-corrected chi connectivity index (χ3v) is 4.30. The van der Waals surface area contributed by atoms with E-state index in [1.165, 1.54) is 32.1 Å². The van der Waals surface area contributed by atoms with Gasteiger partial charge in [0.15, 0.2) is 0 Å². The molecule has 0 aromatic heterocycles. The zero-order chi connectivity index (χ0) is 13.7. The second-order valence-corrected chi connectivity index (χ2v) is 6.38. The lowest BCUT2D eigenvalue weighted by Gasteiger charge is -2.30. The molecule has 1 aliphatic rings. The molecule has 2 rings (SSSR count). The predicted molar refractivity (Wildman–Crippen MR) is 83.5 cm³/mol. The summed E-state index contributed by atoms with van der Waals surface area (Å²) in [7, 11) is 0. The molecule has 0 saturated carbocycles. The van der Waals surface area contributed by atoms with Gasteiger partial charge < -0.3 is 10.5 Å². The van der Waals surface area contributed by atoms with Gasteiger partial charge in [-0.3, -0.25) is 0 Å². The fourth-order valence-electron chi connectivity index (χ4n) is 2.71. The summed E-state index contributed by atoms with van der Waals surface area (Å²) in [5.41, 5.74) is 7.39. The van der Waals surface area contributed by atoms with Gasteiger partial charge in [-0.05, 0) is 31.0 Å². The van der Waals surface area contributed by atoms with Crippen LogP contribution in [0.25, 0.3) is 0 Å². The first-order chi connectivity index (χ1) is 9.20. The second-order valence-electron chi connectivity index (χ2n) is 5.47. The van der Waals surface area contributed by atoms with Crippen LogP contribution in [0.1, 0.15) is 63.5 Å². The molecule has 0 spiro atoms. The molecule has 106 valence electrons. The Kier molecular flexibility index (Phi) is 5.71. The Balaban J connectivity index is 1.85. The van der Waals surface area contributed by atoms with Crippen LogP contribution >= 0.6 is 15.9 Å². The Morgan fingerprint density at radius 2 is 2.05 bits per heavy atom. The van der Waals surface area contributed by atoms with Gasteiger partial charge in [0.05, 0.1) is 0 Å². The molecule has 1 aromatic rings. The van der Waals surface area contributed by atoms with E-state index < -0.39 is 0 Å². The van der Waals surface area contributed by atoms with Crippen LogP contribution in [0.3, 0.4) is 0 Å². The molecule has 1 unspecified atom stereocenters. The number of halogens is 1. The molecule has 3 heteroatoms. The Bertz CT molecular complexity index is 408. The summed E-state index contributed by atoms with van der Waals surface area (Å²) in [5.74, 6) is 0.973. The van der Waals surface area contributed by atoms with E-state index in [1.54, 1.807) is 0 Å². The number of ether oxygens (including phenoxy) is 1. The minimum atomic E-state index is 0.113. The van der Waals surface area contributed by atoms with E-state index in [9.17, 15) is 0 Å². The van der Waals surface area contributed by atoms with Crippen molar-refractivity contribution in [3.05, 3.63) is 28.2 Å². The maximum atomic E-state index is 6.26. The van der Waals surface area contributed by atoms with Gasteiger partial charge in [0.1, 0.15) is 11.9 Å². The Labute approximate surface area is 124 Å². The molecule has 2 N–H and O–H groups in total. The first-order valence-electron chi connectivity index (χ1n) is 7.42. The van der Waals surface area contributed by atoms with E-state index in [-0.39, 0.29) is 6.04 Å². The van der Waals surface area contributed by atoms with Crippen LogP contribution in [-0.4, -0.2) is 6.10 Å². The van der Waals surface area contributed by atoms with E-state index in [4.69, 9.17) is 10.5 Å². The lowest BCUT2D eigenvalue weighted by molar-refractivity contribution is 0.146. The molecular weight excluding hydrogens is 302 g/mol. The van der Waals surface area contributed by atoms with Crippen LogP contribution in [0.4, 0.5) is 0 Å². The van der Waals surface area contributed by atoms with Crippen molar-refractivity contribution in [2.24, 2.45) is 5.73 Å². The molecular formula is C16H24BrNO. The summed E-state index contributed by atoms with van der Waals surface area (Å²) in [4.78, 5) is 0. The predicted octanol–water partition coefficient (Wildman–Crippen LogP) is 4.96. The quantitative estimate of drug-likeness (QED) is 0.750. The summed E-state index contributed by atoms with van der Waals surface area (Å²) >= 11 is 3.49. The average Bonchev–Trinajstić information content (AvgIpc) is 2.39. The summed E-state index contributed by atoms with van der Waals surface area (Å²) in [6.07, 6.45) is 8.93. The molecule has 1 aliphatic heterocycles. The third kappa shape index (κ3) is 4.22. The topological polar surface area (TPSA) is 35.2 Å². The monoisotopic (exact) mass is 325 g/mol. The standard InChI is InChI=1S/C16H24BrNO/c1-2-3-4-5-6-7-13-11-15(18)14-10-12(17)8-9-16(14)19-13/h8-10,13,15H,2-7,11,18H2,1H3/t13?,15-/m0/s1. The van der Waals surface area contributed by atoms with Crippen LogP contribution in [0.2, 0.25) is 0 Å². The highest BCUT2D eigenvalue weighted by molar-refractivity contribution is 9.10. The fraction of sp³-hybridized carbons (Fsp3) is 0.625. The molecule has 1 aromatic carbocycles. The van der Waals surface area contributed by atoms with Gasteiger partial charge in [-0.15, -0.1) is 0 Å². The SMILES string of the molecule is CCCCCCCC1C[C@H](N)c2cc(Br)ccc2O1. The molecule has 0 fully saturated rings. The molecule has 0 amide bonds. The first-order valence-corrected chi connectivity index (χ1v) is 8.21. The van der Waals surface area contributed by atoms with Gasteiger partial charge in [-0.1, -0.05) is 48.5 Å². The largest absolute Gasteiger partial charge is 0.490 e. The van der Waals surface area contributed by atoms with E-state index >= 15 is 0 Å². The summed E-state index contributed by atoms with van der Waals surface area (Å²) < 4.78 is 7.14. The molecule has 0 saturated heterocycles.